The van der Waals surface area contributed by atoms with Crippen molar-refractivity contribution in [2.24, 2.45) is 0 Å². The lowest BCUT2D eigenvalue weighted by atomic mass is 10.2. The first-order valence-electron chi connectivity index (χ1n) is 6.45. The van der Waals surface area contributed by atoms with E-state index in [0.29, 0.717) is 12.1 Å². The van der Waals surface area contributed by atoms with E-state index in [1.54, 1.807) is 13.8 Å². The van der Waals surface area contributed by atoms with Gasteiger partial charge < -0.3 is 5.32 Å². The molecule has 5 nitrogen and oxygen atoms in total. The van der Waals surface area contributed by atoms with Crippen molar-refractivity contribution >= 4 is 11.6 Å². The SMILES string of the molecule is Cc1ncn(CCC(=O)Nc2ccccc2)c(=O)c1C. The Kier molecular flexibility index (Phi) is 4.30. The Labute approximate surface area is 117 Å². The van der Waals surface area contributed by atoms with Crippen LogP contribution in [-0.4, -0.2) is 15.5 Å². The van der Waals surface area contributed by atoms with Gasteiger partial charge in [-0.05, 0) is 26.0 Å². The topological polar surface area (TPSA) is 64.0 Å². The number of nitrogens with zero attached hydrogens (tertiary/aromatic N) is 2. The van der Waals surface area contributed by atoms with Gasteiger partial charge in [0.1, 0.15) is 0 Å². The summed E-state index contributed by atoms with van der Waals surface area (Å²) in [4.78, 5) is 27.9. The van der Waals surface area contributed by atoms with E-state index in [9.17, 15) is 9.59 Å². The number of aryl methyl sites for hydroxylation is 2. The largest absolute Gasteiger partial charge is 0.326 e. The third kappa shape index (κ3) is 3.32. The highest BCUT2D eigenvalue weighted by Gasteiger charge is 2.06. The average molecular weight is 271 g/mol. The predicted molar refractivity (Wildman–Crippen MR) is 77.7 cm³/mol. The quantitative estimate of drug-likeness (QED) is 0.923. The van der Waals surface area contributed by atoms with Gasteiger partial charge in [-0.3, -0.25) is 14.2 Å². The average Bonchev–Trinajstić information content (AvgIpc) is 2.45. The Morgan fingerprint density at radius 1 is 1.25 bits per heavy atom. The number of hydrogen-bond acceptors (Lipinski definition) is 3. The first-order valence-corrected chi connectivity index (χ1v) is 6.45. The molecule has 0 aliphatic carbocycles. The zero-order chi connectivity index (χ0) is 14.5. The second kappa shape index (κ2) is 6.14. The fourth-order valence-electron chi connectivity index (χ4n) is 1.80. The van der Waals surface area contributed by atoms with Gasteiger partial charge in [-0.15, -0.1) is 0 Å². The van der Waals surface area contributed by atoms with Crippen molar-refractivity contribution in [3.05, 3.63) is 58.3 Å². The number of carbonyl (C=O) groups is 1. The van der Waals surface area contributed by atoms with E-state index in [0.717, 1.165) is 11.4 Å². The molecule has 1 N–H and O–H groups in total. The lowest BCUT2D eigenvalue weighted by molar-refractivity contribution is -0.116. The Morgan fingerprint density at radius 2 is 1.95 bits per heavy atom. The summed E-state index contributed by atoms with van der Waals surface area (Å²) < 4.78 is 1.47. The van der Waals surface area contributed by atoms with Crippen LogP contribution in [-0.2, 0) is 11.3 Å². The molecule has 1 amide bonds. The monoisotopic (exact) mass is 271 g/mol. The lowest BCUT2D eigenvalue weighted by Crippen LogP contribution is -2.26. The first-order chi connectivity index (χ1) is 9.58. The Hall–Kier alpha value is -2.43. The summed E-state index contributed by atoms with van der Waals surface area (Å²) >= 11 is 0. The summed E-state index contributed by atoms with van der Waals surface area (Å²) in [6.45, 7) is 3.86. The predicted octanol–water partition coefficient (Wildman–Crippen LogP) is 1.89. The van der Waals surface area contributed by atoms with Crippen molar-refractivity contribution < 1.29 is 4.79 Å². The van der Waals surface area contributed by atoms with E-state index in [1.165, 1.54) is 10.9 Å². The van der Waals surface area contributed by atoms with Crippen LogP contribution in [0.3, 0.4) is 0 Å². The Balaban J connectivity index is 1.97. The zero-order valence-corrected chi connectivity index (χ0v) is 11.6. The number of amides is 1. The zero-order valence-electron chi connectivity index (χ0n) is 11.6. The number of rotatable bonds is 4. The van der Waals surface area contributed by atoms with Crippen LogP contribution in [0, 0.1) is 13.8 Å². The molecule has 2 rings (SSSR count). The van der Waals surface area contributed by atoms with Gasteiger partial charge in [0.2, 0.25) is 5.91 Å². The normalized spacial score (nSPS) is 10.3. The number of benzene rings is 1. The Morgan fingerprint density at radius 3 is 2.65 bits per heavy atom. The van der Waals surface area contributed by atoms with Crippen molar-refractivity contribution in [2.75, 3.05) is 5.32 Å². The molecule has 0 bridgehead atoms. The smallest absolute Gasteiger partial charge is 0.256 e. The maximum Gasteiger partial charge on any atom is 0.256 e. The van der Waals surface area contributed by atoms with Gasteiger partial charge in [-0.1, -0.05) is 18.2 Å². The molecule has 0 spiro atoms. The minimum Gasteiger partial charge on any atom is -0.326 e. The molecule has 1 heterocycles. The molecule has 104 valence electrons. The van der Waals surface area contributed by atoms with Crippen molar-refractivity contribution in [1.82, 2.24) is 9.55 Å². The summed E-state index contributed by atoms with van der Waals surface area (Å²) in [5, 5.41) is 2.78. The van der Waals surface area contributed by atoms with Crippen LogP contribution in [0.2, 0.25) is 0 Å². The van der Waals surface area contributed by atoms with Gasteiger partial charge in [0.15, 0.2) is 0 Å². The van der Waals surface area contributed by atoms with Gasteiger partial charge >= 0.3 is 0 Å². The van der Waals surface area contributed by atoms with Gasteiger partial charge in [0, 0.05) is 29.9 Å². The fraction of sp³-hybridized carbons (Fsp3) is 0.267. The van der Waals surface area contributed by atoms with E-state index in [-0.39, 0.29) is 17.9 Å². The lowest BCUT2D eigenvalue weighted by Gasteiger charge is -2.08. The molecule has 2 aromatic rings. The van der Waals surface area contributed by atoms with Crippen LogP contribution in [0.15, 0.2) is 41.5 Å². The summed E-state index contributed by atoms with van der Waals surface area (Å²) in [5.74, 6) is -0.124. The third-order valence-electron chi connectivity index (χ3n) is 3.15. The summed E-state index contributed by atoms with van der Waals surface area (Å²) in [7, 11) is 0. The van der Waals surface area contributed by atoms with Crippen LogP contribution in [0.1, 0.15) is 17.7 Å². The van der Waals surface area contributed by atoms with Crippen LogP contribution in [0.4, 0.5) is 5.69 Å². The molecule has 0 fully saturated rings. The molecule has 0 saturated heterocycles. The van der Waals surface area contributed by atoms with Gasteiger partial charge in [-0.2, -0.15) is 0 Å². The van der Waals surface area contributed by atoms with Crippen LogP contribution < -0.4 is 10.9 Å². The highest BCUT2D eigenvalue weighted by Crippen LogP contribution is 2.05. The van der Waals surface area contributed by atoms with Crippen LogP contribution in [0.5, 0.6) is 0 Å². The Bertz CT molecular complexity index is 663. The van der Waals surface area contributed by atoms with E-state index < -0.39 is 0 Å². The minimum absolute atomic E-state index is 0.0926. The van der Waals surface area contributed by atoms with E-state index in [4.69, 9.17) is 0 Å². The molecule has 20 heavy (non-hydrogen) atoms. The number of para-hydroxylation sites is 1. The molecule has 0 unspecified atom stereocenters. The number of carbonyl (C=O) groups excluding carboxylic acids is 1. The maximum absolute atomic E-state index is 12.0. The minimum atomic E-state index is -0.124. The molecule has 0 saturated carbocycles. The molecular formula is C15H17N3O2. The number of aromatic nitrogens is 2. The van der Waals surface area contributed by atoms with Crippen molar-refractivity contribution in [3.63, 3.8) is 0 Å². The fourth-order valence-corrected chi connectivity index (χ4v) is 1.80. The highest BCUT2D eigenvalue weighted by molar-refractivity contribution is 5.90. The van der Waals surface area contributed by atoms with Crippen molar-refractivity contribution in [2.45, 2.75) is 26.8 Å². The summed E-state index contributed by atoms with van der Waals surface area (Å²) in [6.07, 6.45) is 1.72. The molecule has 5 heteroatoms. The molecule has 0 aliphatic rings. The first kappa shape index (κ1) is 14.0. The van der Waals surface area contributed by atoms with Crippen molar-refractivity contribution in [1.29, 1.82) is 0 Å². The van der Waals surface area contributed by atoms with Gasteiger partial charge in [0.25, 0.3) is 5.56 Å². The third-order valence-corrected chi connectivity index (χ3v) is 3.15. The van der Waals surface area contributed by atoms with Gasteiger partial charge in [-0.25, -0.2) is 4.98 Å². The van der Waals surface area contributed by atoms with Crippen LogP contribution >= 0.6 is 0 Å². The van der Waals surface area contributed by atoms with E-state index in [1.807, 2.05) is 30.3 Å². The summed E-state index contributed by atoms with van der Waals surface area (Å²) in [5.41, 5.74) is 2.00. The maximum atomic E-state index is 12.0. The molecule has 0 atom stereocenters. The molecule has 1 aromatic carbocycles. The van der Waals surface area contributed by atoms with Gasteiger partial charge in [0.05, 0.1) is 6.33 Å². The summed E-state index contributed by atoms with van der Waals surface area (Å²) in [6, 6.07) is 9.24. The molecule has 0 radical (unpaired) electrons. The van der Waals surface area contributed by atoms with E-state index in [2.05, 4.69) is 10.3 Å². The molecule has 0 aliphatic heterocycles. The molecular weight excluding hydrogens is 254 g/mol. The second-order valence-electron chi connectivity index (χ2n) is 4.62. The number of hydrogen-bond donors (Lipinski definition) is 1. The van der Waals surface area contributed by atoms with Crippen LogP contribution in [0.25, 0.3) is 0 Å². The van der Waals surface area contributed by atoms with Crippen molar-refractivity contribution in [3.8, 4) is 0 Å². The molecule has 1 aromatic heterocycles. The standard InChI is InChI=1S/C15H17N3O2/c1-11-12(2)16-10-18(15(11)20)9-8-14(19)17-13-6-4-3-5-7-13/h3-7,10H,8-9H2,1-2H3,(H,17,19). The highest BCUT2D eigenvalue weighted by atomic mass is 16.1. The second-order valence-corrected chi connectivity index (χ2v) is 4.62. The number of nitrogens with one attached hydrogen (secondary N) is 1. The van der Waals surface area contributed by atoms with E-state index >= 15 is 0 Å². The number of anilines is 1.